The third-order valence-electron chi connectivity index (χ3n) is 2.36. The molecule has 0 aliphatic rings. The summed E-state index contributed by atoms with van der Waals surface area (Å²) in [5.74, 6) is 1.65. The van der Waals surface area contributed by atoms with Crippen molar-refractivity contribution >= 4 is 23.5 Å². The fourth-order valence-corrected chi connectivity index (χ4v) is 2.24. The van der Waals surface area contributed by atoms with Gasteiger partial charge < -0.3 is 5.32 Å². The summed E-state index contributed by atoms with van der Waals surface area (Å²) in [6, 6.07) is 11.1. The van der Waals surface area contributed by atoms with Crippen LogP contribution in [0.2, 0.25) is 0 Å². The number of aromatic nitrogens is 2. The van der Waals surface area contributed by atoms with E-state index >= 15 is 0 Å². The molecule has 0 saturated carbocycles. The van der Waals surface area contributed by atoms with Crippen LogP contribution in [0.1, 0.15) is 11.1 Å². The van der Waals surface area contributed by atoms with E-state index < -0.39 is 0 Å². The van der Waals surface area contributed by atoms with E-state index in [2.05, 4.69) is 21.6 Å². The van der Waals surface area contributed by atoms with Crippen molar-refractivity contribution in [3.05, 3.63) is 47.7 Å². The Bertz CT molecular complexity index is 572. The molecule has 6 heteroatoms. The van der Waals surface area contributed by atoms with Crippen LogP contribution < -0.4 is 5.32 Å². The van der Waals surface area contributed by atoms with Gasteiger partial charge in [-0.25, -0.2) is 0 Å². The lowest BCUT2D eigenvalue weighted by molar-refractivity contribution is -0.113. The Morgan fingerprint density at radius 2 is 2.16 bits per heavy atom. The van der Waals surface area contributed by atoms with Gasteiger partial charge in [0.25, 0.3) is 0 Å². The second-order valence-corrected chi connectivity index (χ2v) is 4.81. The van der Waals surface area contributed by atoms with E-state index in [0.29, 0.717) is 17.1 Å². The molecule has 0 radical (unpaired) electrons. The minimum Gasteiger partial charge on any atom is -0.310 e. The number of thioether (sulfide) groups is 1. The molecule has 0 saturated heterocycles. The maximum atomic E-state index is 11.6. The van der Waals surface area contributed by atoms with E-state index in [1.165, 1.54) is 11.8 Å². The van der Waals surface area contributed by atoms with E-state index in [1.807, 2.05) is 12.1 Å². The quantitative estimate of drug-likeness (QED) is 0.873. The molecule has 0 atom stereocenters. The zero-order valence-electron chi connectivity index (χ0n) is 10.1. The average Bonchev–Trinajstić information content (AvgIpc) is 2.92. The first-order chi connectivity index (χ1) is 9.28. The summed E-state index contributed by atoms with van der Waals surface area (Å²) < 4.78 is 0. The number of H-pyrrole nitrogens is 1. The standard InChI is InChI=1S/C13H12N4OS/c14-7-10-1-3-11(4-2-10)8-19-9-13(18)16-12-5-6-15-17-12/h1-6H,8-9H2,(H2,15,16,17,18). The number of anilines is 1. The van der Waals surface area contributed by atoms with Crippen LogP contribution in [0.3, 0.4) is 0 Å². The van der Waals surface area contributed by atoms with Gasteiger partial charge in [-0.05, 0) is 17.7 Å². The summed E-state index contributed by atoms with van der Waals surface area (Å²) in [5, 5.41) is 17.8. The van der Waals surface area contributed by atoms with Crippen molar-refractivity contribution in [2.75, 3.05) is 11.1 Å². The molecule has 0 fully saturated rings. The Kier molecular flexibility index (Phi) is 4.59. The summed E-state index contributed by atoms with van der Waals surface area (Å²) >= 11 is 1.52. The molecular weight excluding hydrogens is 260 g/mol. The molecule has 19 heavy (non-hydrogen) atoms. The van der Waals surface area contributed by atoms with Crippen LogP contribution in [0.5, 0.6) is 0 Å². The summed E-state index contributed by atoms with van der Waals surface area (Å²) in [6.45, 7) is 0. The molecule has 0 aliphatic carbocycles. The van der Waals surface area contributed by atoms with Crippen molar-refractivity contribution in [1.29, 1.82) is 5.26 Å². The van der Waals surface area contributed by atoms with Gasteiger partial charge in [-0.15, -0.1) is 11.8 Å². The number of carbonyl (C=O) groups is 1. The Balaban J connectivity index is 1.74. The Morgan fingerprint density at radius 3 is 2.79 bits per heavy atom. The number of aromatic amines is 1. The fourth-order valence-electron chi connectivity index (χ4n) is 1.45. The van der Waals surface area contributed by atoms with Crippen molar-refractivity contribution in [2.45, 2.75) is 5.75 Å². The first-order valence-electron chi connectivity index (χ1n) is 5.64. The van der Waals surface area contributed by atoms with Gasteiger partial charge in [-0.1, -0.05) is 12.1 Å². The average molecular weight is 272 g/mol. The molecule has 1 amide bonds. The van der Waals surface area contributed by atoms with Crippen LogP contribution in [0, 0.1) is 11.3 Å². The Hall–Kier alpha value is -2.26. The summed E-state index contributed by atoms with van der Waals surface area (Å²) in [6.07, 6.45) is 1.58. The van der Waals surface area contributed by atoms with Gasteiger partial charge in [-0.3, -0.25) is 9.89 Å². The minimum absolute atomic E-state index is 0.0668. The number of hydrogen-bond donors (Lipinski definition) is 2. The SMILES string of the molecule is N#Cc1ccc(CSCC(=O)Nc2ccn[nH]2)cc1. The highest BCUT2D eigenvalue weighted by Gasteiger charge is 2.03. The van der Waals surface area contributed by atoms with Gasteiger partial charge in [0.1, 0.15) is 5.82 Å². The number of nitrogens with zero attached hydrogens (tertiary/aromatic N) is 2. The largest absolute Gasteiger partial charge is 0.310 e. The molecule has 0 aliphatic heterocycles. The van der Waals surface area contributed by atoms with Crippen molar-refractivity contribution < 1.29 is 4.79 Å². The van der Waals surface area contributed by atoms with Crippen LogP contribution >= 0.6 is 11.8 Å². The molecule has 1 aromatic heterocycles. The van der Waals surface area contributed by atoms with Crippen LogP contribution in [-0.4, -0.2) is 21.9 Å². The highest BCUT2D eigenvalue weighted by molar-refractivity contribution is 7.99. The second-order valence-electron chi connectivity index (χ2n) is 3.82. The zero-order chi connectivity index (χ0) is 13.5. The smallest absolute Gasteiger partial charge is 0.235 e. The molecule has 1 heterocycles. The van der Waals surface area contributed by atoms with Crippen LogP contribution in [0.15, 0.2) is 36.5 Å². The van der Waals surface area contributed by atoms with Crippen LogP contribution in [0.4, 0.5) is 5.82 Å². The number of carbonyl (C=O) groups excluding carboxylic acids is 1. The molecule has 0 spiro atoms. The Morgan fingerprint density at radius 1 is 1.37 bits per heavy atom. The lowest BCUT2D eigenvalue weighted by Gasteiger charge is -2.03. The van der Waals surface area contributed by atoms with Crippen LogP contribution in [-0.2, 0) is 10.5 Å². The predicted octanol–water partition coefficient (Wildman–Crippen LogP) is 2.15. The number of rotatable bonds is 5. The number of hydrogen-bond acceptors (Lipinski definition) is 4. The molecule has 0 bridgehead atoms. The highest BCUT2D eigenvalue weighted by atomic mass is 32.2. The van der Waals surface area contributed by atoms with E-state index in [9.17, 15) is 4.79 Å². The number of amides is 1. The lowest BCUT2D eigenvalue weighted by atomic mass is 10.2. The van der Waals surface area contributed by atoms with Gasteiger partial charge in [0, 0.05) is 11.8 Å². The highest BCUT2D eigenvalue weighted by Crippen LogP contribution is 2.13. The van der Waals surface area contributed by atoms with Crippen molar-refractivity contribution in [1.82, 2.24) is 10.2 Å². The number of nitrogens with one attached hydrogen (secondary N) is 2. The lowest BCUT2D eigenvalue weighted by Crippen LogP contribution is -2.14. The van der Waals surface area contributed by atoms with Crippen molar-refractivity contribution in [3.8, 4) is 6.07 Å². The normalized spacial score (nSPS) is 9.84. The molecule has 5 nitrogen and oxygen atoms in total. The van der Waals surface area contributed by atoms with Crippen molar-refractivity contribution in [2.24, 2.45) is 0 Å². The first-order valence-corrected chi connectivity index (χ1v) is 6.79. The first kappa shape index (κ1) is 13.2. The Labute approximate surface area is 115 Å². The molecule has 1 aromatic carbocycles. The molecule has 2 aromatic rings. The van der Waals surface area contributed by atoms with E-state index in [4.69, 9.17) is 5.26 Å². The summed E-state index contributed by atoms with van der Waals surface area (Å²) in [7, 11) is 0. The molecule has 2 N–H and O–H groups in total. The predicted molar refractivity (Wildman–Crippen MR) is 74.5 cm³/mol. The monoisotopic (exact) mass is 272 g/mol. The number of benzene rings is 1. The maximum absolute atomic E-state index is 11.6. The topological polar surface area (TPSA) is 81.6 Å². The second kappa shape index (κ2) is 6.61. The van der Waals surface area contributed by atoms with Gasteiger partial charge >= 0.3 is 0 Å². The molecular formula is C13H12N4OS. The maximum Gasteiger partial charge on any atom is 0.235 e. The van der Waals surface area contributed by atoms with E-state index in [-0.39, 0.29) is 5.91 Å². The third kappa shape index (κ3) is 4.16. The minimum atomic E-state index is -0.0668. The van der Waals surface area contributed by atoms with Gasteiger partial charge in [0.2, 0.25) is 5.91 Å². The summed E-state index contributed by atoms with van der Waals surface area (Å²) in [4.78, 5) is 11.6. The van der Waals surface area contributed by atoms with Crippen molar-refractivity contribution in [3.63, 3.8) is 0 Å². The fraction of sp³-hybridized carbons (Fsp3) is 0.154. The van der Waals surface area contributed by atoms with Crippen LogP contribution in [0.25, 0.3) is 0 Å². The number of nitriles is 1. The van der Waals surface area contributed by atoms with Gasteiger partial charge in [-0.2, -0.15) is 10.4 Å². The zero-order valence-corrected chi connectivity index (χ0v) is 10.9. The molecule has 2 rings (SSSR count). The van der Waals surface area contributed by atoms with E-state index in [0.717, 1.165) is 11.3 Å². The summed E-state index contributed by atoms with van der Waals surface area (Å²) in [5.41, 5.74) is 1.74. The van der Waals surface area contributed by atoms with Gasteiger partial charge in [0.05, 0.1) is 23.6 Å². The molecule has 96 valence electrons. The molecule has 0 unspecified atom stereocenters. The van der Waals surface area contributed by atoms with E-state index in [1.54, 1.807) is 24.4 Å². The van der Waals surface area contributed by atoms with Gasteiger partial charge in [0.15, 0.2) is 0 Å². The third-order valence-corrected chi connectivity index (χ3v) is 3.36.